The summed E-state index contributed by atoms with van der Waals surface area (Å²) in [4.78, 5) is 13.8. The molecule has 29 heavy (non-hydrogen) atoms. The maximum atomic E-state index is 12.4. The van der Waals surface area contributed by atoms with E-state index >= 15 is 0 Å². The van der Waals surface area contributed by atoms with Crippen molar-refractivity contribution in [1.82, 2.24) is 4.90 Å². The van der Waals surface area contributed by atoms with Gasteiger partial charge < -0.3 is 4.90 Å². The minimum Gasteiger partial charge on any atom is -0.335 e. The molecular weight excluding hydrogens is 425 g/mol. The van der Waals surface area contributed by atoms with Gasteiger partial charge >= 0.3 is 5.51 Å². The highest BCUT2D eigenvalue weighted by molar-refractivity contribution is 8.00. The largest absolute Gasteiger partial charge is 0.446 e. The standard InChI is InChI=1S/C19H19F3N2O3S2/c1-13(15-4-3-5-17(12-15)29(23,26)27)24(2)18(25)11-8-14-6-9-16(10-7-14)28-19(20,21)22/h3-13H,1-2H3,(H2,23,26,27)/b11-8+. The van der Waals surface area contributed by atoms with Crippen LogP contribution in [0.3, 0.4) is 0 Å². The molecule has 0 spiro atoms. The van der Waals surface area contributed by atoms with Gasteiger partial charge in [0.05, 0.1) is 10.9 Å². The first-order valence-corrected chi connectivity index (χ1v) is 10.7. The zero-order valence-corrected chi connectivity index (χ0v) is 17.2. The average Bonchev–Trinajstić information content (AvgIpc) is 2.64. The number of hydrogen-bond acceptors (Lipinski definition) is 4. The Morgan fingerprint density at radius 1 is 1.17 bits per heavy atom. The quantitative estimate of drug-likeness (QED) is 0.536. The number of nitrogens with two attached hydrogens (primary N) is 1. The Hall–Kier alpha value is -2.30. The van der Waals surface area contributed by atoms with Gasteiger partial charge in [0.15, 0.2) is 0 Å². The lowest BCUT2D eigenvalue weighted by atomic mass is 10.1. The monoisotopic (exact) mass is 444 g/mol. The van der Waals surface area contributed by atoms with Crippen molar-refractivity contribution < 1.29 is 26.4 Å². The van der Waals surface area contributed by atoms with Crippen LogP contribution in [0.5, 0.6) is 0 Å². The second kappa shape index (κ2) is 9.02. The summed E-state index contributed by atoms with van der Waals surface area (Å²) < 4.78 is 60.0. The third-order valence-electron chi connectivity index (χ3n) is 4.13. The molecule has 1 unspecified atom stereocenters. The topological polar surface area (TPSA) is 80.5 Å². The van der Waals surface area contributed by atoms with E-state index in [0.29, 0.717) is 11.1 Å². The van der Waals surface area contributed by atoms with Crippen LogP contribution in [0.15, 0.2) is 64.4 Å². The molecule has 0 bridgehead atoms. The molecule has 0 aromatic heterocycles. The predicted molar refractivity (Wildman–Crippen MR) is 106 cm³/mol. The van der Waals surface area contributed by atoms with Crippen molar-refractivity contribution in [3.8, 4) is 0 Å². The number of nitrogens with zero attached hydrogens (tertiary/aromatic N) is 1. The molecule has 2 aromatic carbocycles. The molecule has 2 aromatic rings. The normalized spacial score (nSPS) is 13.4. The van der Waals surface area contributed by atoms with E-state index < -0.39 is 21.6 Å². The van der Waals surface area contributed by atoms with Crippen LogP contribution in [-0.2, 0) is 14.8 Å². The third-order valence-corrected chi connectivity index (χ3v) is 5.78. The molecule has 1 atom stereocenters. The molecule has 156 valence electrons. The van der Waals surface area contributed by atoms with Crippen molar-refractivity contribution in [2.45, 2.75) is 28.3 Å². The number of alkyl halides is 3. The fraction of sp³-hybridized carbons (Fsp3) is 0.211. The molecule has 0 saturated carbocycles. The van der Waals surface area contributed by atoms with Crippen LogP contribution in [0.1, 0.15) is 24.1 Å². The van der Waals surface area contributed by atoms with Crippen LogP contribution >= 0.6 is 11.8 Å². The van der Waals surface area contributed by atoms with Gasteiger partial charge in [-0.2, -0.15) is 13.2 Å². The number of thioether (sulfide) groups is 1. The highest BCUT2D eigenvalue weighted by Gasteiger charge is 2.29. The Kier molecular flexibility index (Phi) is 7.15. The summed E-state index contributed by atoms with van der Waals surface area (Å²) in [7, 11) is -2.30. The lowest BCUT2D eigenvalue weighted by Crippen LogP contribution is -2.28. The van der Waals surface area contributed by atoms with Crippen LogP contribution in [0, 0.1) is 0 Å². The average molecular weight is 445 g/mol. The molecule has 0 fully saturated rings. The van der Waals surface area contributed by atoms with E-state index in [0.717, 1.165) is 0 Å². The number of halogens is 3. The zero-order chi connectivity index (χ0) is 21.8. The minimum absolute atomic E-state index is 0.0462. The van der Waals surface area contributed by atoms with Crippen molar-refractivity contribution in [2.24, 2.45) is 5.14 Å². The number of carbonyl (C=O) groups excluding carboxylic acids is 1. The number of primary sulfonamides is 1. The second-order valence-corrected chi connectivity index (χ2v) is 8.89. The Labute approximate surface area is 171 Å². The van der Waals surface area contributed by atoms with Gasteiger partial charge in [-0.15, -0.1) is 0 Å². The molecule has 0 saturated heterocycles. The van der Waals surface area contributed by atoms with E-state index in [1.807, 2.05) is 0 Å². The number of amides is 1. The summed E-state index contributed by atoms with van der Waals surface area (Å²) in [6.45, 7) is 1.73. The molecule has 10 heteroatoms. The Morgan fingerprint density at radius 3 is 2.34 bits per heavy atom. The smallest absolute Gasteiger partial charge is 0.335 e. The van der Waals surface area contributed by atoms with Crippen molar-refractivity contribution >= 4 is 33.8 Å². The number of benzene rings is 2. The van der Waals surface area contributed by atoms with Gasteiger partial charge in [0, 0.05) is 18.0 Å². The molecule has 0 heterocycles. The summed E-state index contributed by atoms with van der Waals surface area (Å²) in [5.74, 6) is -0.354. The van der Waals surface area contributed by atoms with Crippen LogP contribution in [-0.4, -0.2) is 31.8 Å². The van der Waals surface area contributed by atoms with E-state index in [9.17, 15) is 26.4 Å². The van der Waals surface area contributed by atoms with Gasteiger partial charge in [-0.25, -0.2) is 13.6 Å². The molecule has 5 nitrogen and oxygen atoms in total. The van der Waals surface area contributed by atoms with Gasteiger partial charge in [-0.05, 0) is 60.2 Å². The fourth-order valence-corrected chi connectivity index (χ4v) is 3.54. The van der Waals surface area contributed by atoms with Crippen LogP contribution in [0.4, 0.5) is 13.2 Å². The molecule has 1 amide bonds. The van der Waals surface area contributed by atoms with E-state index in [2.05, 4.69) is 0 Å². The highest BCUT2D eigenvalue weighted by atomic mass is 32.2. The summed E-state index contributed by atoms with van der Waals surface area (Å²) in [5.41, 5.74) is -3.19. The van der Waals surface area contributed by atoms with E-state index in [1.165, 1.54) is 53.5 Å². The van der Waals surface area contributed by atoms with E-state index in [1.54, 1.807) is 26.1 Å². The van der Waals surface area contributed by atoms with Gasteiger partial charge in [0.2, 0.25) is 15.9 Å². The van der Waals surface area contributed by atoms with Gasteiger partial charge in [0.25, 0.3) is 0 Å². The van der Waals surface area contributed by atoms with E-state index in [4.69, 9.17) is 5.14 Å². The van der Waals surface area contributed by atoms with Gasteiger partial charge in [-0.1, -0.05) is 24.3 Å². The third kappa shape index (κ3) is 6.91. The van der Waals surface area contributed by atoms with Crippen LogP contribution in [0.25, 0.3) is 6.08 Å². The lowest BCUT2D eigenvalue weighted by Gasteiger charge is -2.24. The number of hydrogen-bond donors (Lipinski definition) is 1. The highest BCUT2D eigenvalue weighted by Crippen LogP contribution is 2.36. The first-order valence-electron chi connectivity index (χ1n) is 8.30. The Morgan fingerprint density at radius 2 is 1.79 bits per heavy atom. The van der Waals surface area contributed by atoms with Crippen molar-refractivity contribution in [1.29, 1.82) is 0 Å². The van der Waals surface area contributed by atoms with Gasteiger partial charge in [0.1, 0.15) is 0 Å². The second-order valence-electron chi connectivity index (χ2n) is 6.19. The van der Waals surface area contributed by atoms with Crippen LogP contribution in [0.2, 0.25) is 0 Å². The summed E-state index contributed by atoms with van der Waals surface area (Å²) in [5, 5.41) is 5.13. The maximum Gasteiger partial charge on any atom is 0.446 e. The fourth-order valence-electron chi connectivity index (χ4n) is 2.43. The number of carbonyl (C=O) groups is 1. The number of rotatable bonds is 6. The maximum absolute atomic E-state index is 12.4. The Bertz CT molecular complexity index is 1000. The minimum atomic E-state index is -4.35. The molecule has 0 aliphatic carbocycles. The summed E-state index contributed by atoms with van der Waals surface area (Å²) >= 11 is -0.208. The Balaban J connectivity index is 2.08. The SMILES string of the molecule is CC(c1cccc(S(N)(=O)=O)c1)N(C)C(=O)/C=C/c1ccc(SC(F)(F)F)cc1. The van der Waals surface area contributed by atoms with Crippen LogP contribution < -0.4 is 5.14 Å². The number of sulfonamides is 1. The molecule has 0 aliphatic rings. The zero-order valence-electron chi connectivity index (χ0n) is 15.6. The summed E-state index contributed by atoms with van der Waals surface area (Å²) in [6, 6.07) is 11.2. The molecule has 2 N–H and O–H groups in total. The first-order chi connectivity index (χ1) is 13.4. The summed E-state index contributed by atoms with van der Waals surface area (Å²) in [6.07, 6.45) is 2.79. The van der Waals surface area contributed by atoms with Crippen molar-refractivity contribution in [2.75, 3.05) is 7.05 Å². The van der Waals surface area contributed by atoms with Crippen molar-refractivity contribution in [3.63, 3.8) is 0 Å². The predicted octanol–water partition coefficient (Wildman–Crippen LogP) is 4.18. The molecular formula is C19H19F3N2O3S2. The number of likely N-dealkylation sites (N-methyl/N-ethyl adjacent to an activating group) is 1. The molecule has 0 radical (unpaired) electrons. The van der Waals surface area contributed by atoms with E-state index in [-0.39, 0.29) is 27.5 Å². The lowest BCUT2D eigenvalue weighted by molar-refractivity contribution is -0.126. The molecule has 2 rings (SSSR count). The van der Waals surface area contributed by atoms with Crippen molar-refractivity contribution in [3.05, 3.63) is 65.7 Å². The van der Waals surface area contributed by atoms with Gasteiger partial charge in [-0.3, -0.25) is 4.79 Å². The first kappa shape index (κ1) is 23.0. The molecule has 0 aliphatic heterocycles.